The summed E-state index contributed by atoms with van der Waals surface area (Å²) in [7, 11) is 0. The summed E-state index contributed by atoms with van der Waals surface area (Å²) < 4.78 is 0. The molecule has 0 aliphatic rings. The summed E-state index contributed by atoms with van der Waals surface area (Å²) in [6.45, 7) is 0. The van der Waals surface area contributed by atoms with E-state index in [0.29, 0.717) is 12.0 Å². The minimum atomic E-state index is -0.418. The highest BCUT2D eigenvalue weighted by Crippen LogP contribution is 2.39. The van der Waals surface area contributed by atoms with E-state index < -0.39 is 4.92 Å². The lowest BCUT2D eigenvalue weighted by atomic mass is 10.0. The Bertz CT molecular complexity index is 880. The van der Waals surface area contributed by atoms with E-state index >= 15 is 0 Å². The summed E-state index contributed by atoms with van der Waals surface area (Å²) in [5.74, 6) is 0.0531. The molecule has 0 saturated heterocycles. The number of nitro groups is 1. The molecule has 5 heteroatoms. The van der Waals surface area contributed by atoms with Gasteiger partial charge in [-0.2, -0.15) is 0 Å². The first-order valence-corrected chi connectivity index (χ1v) is 9.06. The first kappa shape index (κ1) is 17.9. The molecule has 1 atom stereocenters. The third kappa shape index (κ3) is 4.58. The normalized spacial score (nSPS) is 11.7. The summed E-state index contributed by atoms with van der Waals surface area (Å²) in [6, 6.07) is 25.5. The summed E-state index contributed by atoms with van der Waals surface area (Å²) >= 11 is 1.59. The highest BCUT2D eigenvalue weighted by atomic mass is 32.2. The van der Waals surface area contributed by atoms with Crippen molar-refractivity contribution in [2.75, 3.05) is 0 Å². The smallest absolute Gasteiger partial charge is 0.269 e. The van der Waals surface area contributed by atoms with Gasteiger partial charge in [-0.05, 0) is 17.7 Å². The average molecular weight is 363 g/mol. The summed E-state index contributed by atoms with van der Waals surface area (Å²) in [5.41, 5.74) is 1.62. The number of rotatable bonds is 7. The largest absolute Gasteiger partial charge is 0.294 e. The van der Waals surface area contributed by atoms with Gasteiger partial charge in [0.2, 0.25) is 0 Å². The Balaban J connectivity index is 1.86. The number of hydrogen-bond acceptors (Lipinski definition) is 4. The van der Waals surface area contributed by atoms with Crippen LogP contribution in [0, 0.1) is 10.1 Å². The Hall–Kier alpha value is -2.92. The zero-order chi connectivity index (χ0) is 18.4. The number of carbonyl (C=O) groups excluding carboxylic acids is 1. The third-order valence-electron chi connectivity index (χ3n) is 3.96. The molecule has 3 aromatic carbocycles. The molecule has 0 fully saturated rings. The van der Waals surface area contributed by atoms with Crippen LogP contribution in [-0.4, -0.2) is 10.7 Å². The van der Waals surface area contributed by atoms with Crippen molar-refractivity contribution in [3.63, 3.8) is 0 Å². The van der Waals surface area contributed by atoms with Crippen LogP contribution in [0.3, 0.4) is 0 Å². The predicted molar refractivity (Wildman–Crippen MR) is 104 cm³/mol. The maximum Gasteiger partial charge on any atom is 0.269 e. The van der Waals surface area contributed by atoms with E-state index in [1.807, 2.05) is 60.7 Å². The second kappa shape index (κ2) is 8.45. The number of benzene rings is 3. The number of nitro benzene ring substituents is 1. The lowest BCUT2D eigenvalue weighted by molar-refractivity contribution is -0.384. The number of thioether (sulfide) groups is 1. The van der Waals surface area contributed by atoms with Crippen molar-refractivity contribution in [2.45, 2.75) is 16.6 Å². The summed E-state index contributed by atoms with van der Waals surface area (Å²) in [4.78, 5) is 24.2. The summed E-state index contributed by atoms with van der Waals surface area (Å²) in [6.07, 6.45) is 0.321. The topological polar surface area (TPSA) is 60.2 Å². The van der Waals surface area contributed by atoms with E-state index in [-0.39, 0.29) is 16.7 Å². The van der Waals surface area contributed by atoms with Gasteiger partial charge in [0.25, 0.3) is 5.69 Å². The molecule has 0 spiro atoms. The van der Waals surface area contributed by atoms with Gasteiger partial charge in [0.05, 0.1) is 4.92 Å². The van der Waals surface area contributed by atoms with E-state index in [0.717, 1.165) is 10.5 Å². The van der Waals surface area contributed by atoms with Crippen LogP contribution in [0.15, 0.2) is 89.8 Å². The Morgan fingerprint density at radius 2 is 1.46 bits per heavy atom. The van der Waals surface area contributed by atoms with Crippen molar-refractivity contribution in [2.24, 2.45) is 0 Å². The van der Waals surface area contributed by atoms with Gasteiger partial charge < -0.3 is 0 Å². The van der Waals surface area contributed by atoms with Gasteiger partial charge in [0.15, 0.2) is 5.78 Å². The highest BCUT2D eigenvalue weighted by molar-refractivity contribution is 7.99. The van der Waals surface area contributed by atoms with Crippen molar-refractivity contribution in [1.29, 1.82) is 0 Å². The third-order valence-corrected chi connectivity index (χ3v) is 5.23. The standard InChI is InChI=1S/C21H17NO3S/c23-20(16-7-3-1-4-8-16)15-21(26-19-9-5-2-6-10-19)17-11-13-18(14-12-17)22(24)25/h1-14,21H,15H2. The number of hydrogen-bond donors (Lipinski definition) is 0. The van der Waals surface area contributed by atoms with E-state index in [9.17, 15) is 14.9 Å². The molecule has 26 heavy (non-hydrogen) atoms. The Morgan fingerprint density at radius 3 is 2.04 bits per heavy atom. The van der Waals surface area contributed by atoms with Gasteiger partial charge in [-0.25, -0.2) is 0 Å². The molecule has 0 N–H and O–H groups in total. The maximum atomic E-state index is 12.7. The zero-order valence-electron chi connectivity index (χ0n) is 13.9. The van der Waals surface area contributed by atoms with Gasteiger partial charge >= 0.3 is 0 Å². The van der Waals surface area contributed by atoms with E-state index in [2.05, 4.69) is 0 Å². The Morgan fingerprint density at radius 1 is 0.885 bits per heavy atom. The monoisotopic (exact) mass is 363 g/mol. The first-order valence-electron chi connectivity index (χ1n) is 8.18. The first-order chi connectivity index (χ1) is 12.6. The fraction of sp³-hybridized carbons (Fsp3) is 0.0952. The Labute approximate surface area is 156 Å². The number of nitrogens with zero attached hydrogens (tertiary/aromatic N) is 1. The van der Waals surface area contributed by atoms with Crippen LogP contribution >= 0.6 is 11.8 Å². The zero-order valence-corrected chi connectivity index (χ0v) is 14.8. The fourth-order valence-electron chi connectivity index (χ4n) is 2.61. The molecular weight excluding hydrogens is 346 g/mol. The van der Waals surface area contributed by atoms with Crippen molar-refractivity contribution < 1.29 is 9.72 Å². The number of carbonyl (C=O) groups is 1. The second-order valence-corrected chi connectivity index (χ2v) is 7.04. The van der Waals surface area contributed by atoms with Gasteiger partial charge in [-0.3, -0.25) is 14.9 Å². The van der Waals surface area contributed by atoms with Gasteiger partial charge in [-0.1, -0.05) is 60.7 Å². The molecule has 4 nitrogen and oxygen atoms in total. The molecule has 1 unspecified atom stereocenters. The molecule has 0 aliphatic carbocycles. The minimum absolute atomic E-state index is 0.0478. The molecule has 130 valence electrons. The van der Waals surface area contributed by atoms with Crippen molar-refractivity contribution in [3.05, 3.63) is 106 Å². The SMILES string of the molecule is O=C(CC(Sc1ccccc1)c1ccc([N+](=O)[O-])cc1)c1ccccc1. The molecule has 3 rings (SSSR count). The summed E-state index contributed by atoms with van der Waals surface area (Å²) in [5, 5.41) is 10.8. The van der Waals surface area contributed by atoms with Crippen LogP contribution in [0.25, 0.3) is 0 Å². The predicted octanol–water partition coefficient (Wildman–Crippen LogP) is 5.70. The molecule has 0 aliphatic heterocycles. The van der Waals surface area contributed by atoms with Gasteiger partial charge in [0.1, 0.15) is 0 Å². The van der Waals surface area contributed by atoms with Crippen LogP contribution in [0.1, 0.15) is 27.6 Å². The van der Waals surface area contributed by atoms with Crippen LogP contribution in [-0.2, 0) is 0 Å². The van der Waals surface area contributed by atoms with E-state index in [4.69, 9.17) is 0 Å². The lowest BCUT2D eigenvalue weighted by Crippen LogP contribution is -2.05. The maximum absolute atomic E-state index is 12.7. The second-order valence-electron chi connectivity index (χ2n) is 5.76. The molecule has 3 aromatic rings. The Kier molecular flexibility index (Phi) is 5.81. The lowest BCUT2D eigenvalue weighted by Gasteiger charge is -2.16. The molecule has 0 saturated carbocycles. The van der Waals surface area contributed by atoms with Crippen LogP contribution in [0.2, 0.25) is 0 Å². The van der Waals surface area contributed by atoms with E-state index in [1.165, 1.54) is 12.1 Å². The van der Waals surface area contributed by atoms with Crippen molar-refractivity contribution in [1.82, 2.24) is 0 Å². The molecule has 0 aromatic heterocycles. The minimum Gasteiger partial charge on any atom is -0.294 e. The molecule has 0 bridgehead atoms. The number of non-ortho nitro benzene ring substituents is 1. The number of ketones is 1. The number of Topliss-reactive ketones (excluding diaryl/α,β-unsaturated/α-hetero) is 1. The molecule has 0 radical (unpaired) electrons. The average Bonchev–Trinajstić information content (AvgIpc) is 2.69. The van der Waals surface area contributed by atoms with Crippen molar-refractivity contribution in [3.8, 4) is 0 Å². The molecular formula is C21H17NO3S. The van der Waals surface area contributed by atoms with Gasteiger partial charge in [0, 0.05) is 34.3 Å². The molecule has 0 amide bonds. The fourth-order valence-corrected chi connectivity index (χ4v) is 3.78. The van der Waals surface area contributed by atoms with Gasteiger partial charge in [-0.15, -0.1) is 11.8 Å². The van der Waals surface area contributed by atoms with E-state index in [1.54, 1.807) is 23.9 Å². The molecule has 0 heterocycles. The quantitative estimate of drug-likeness (QED) is 0.234. The van der Waals surface area contributed by atoms with Crippen LogP contribution < -0.4 is 0 Å². The highest BCUT2D eigenvalue weighted by Gasteiger charge is 2.19. The van der Waals surface area contributed by atoms with Crippen LogP contribution in [0.4, 0.5) is 5.69 Å². The van der Waals surface area contributed by atoms with Crippen LogP contribution in [0.5, 0.6) is 0 Å². The van der Waals surface area contributed by atoms with Crippen molar-refractivity contribution >= 4 is 23.2 Å².